The summed E-state index contributed by atoms with van der Waals surface area (Å²) < 4.78 is 5.29. The van der Waals surface area contributed by atoms with Crippen LogP contribution in [0.3, 0.4) is 0 Å². The fourth-order valence-electron chi connectivity index (χ4n) is 2.55. The number of rotatable bonds is 5. The Hall–Kier alpha value is -1.88. The Morgan fingerprint density at radius 3 is 2.90 bits per heavy atom. The van der Waals surface area contributed by atoms with Crippen LogP contribution in [-0.2, 0) is 12.8 Å². The summed E-state index contributed by atoms with van der Waals surface area (Å²) in [6, 6.07) is 7.08. The molecule has 1 unspecified atom stereocenters. The molecule has 0 radical (unpaired) electrons. The van der Waals surface area contributed by atoms with Crippen molar-refractivity contribution in [3.05, 3.63) is 41.5 Å². The zero-order chi connectivity index (χ0) is 13.8. The lowest BCUT2D eigenvalue weighted by atomic mass is 10.0. The van der Waals surface area contributed by atoms with Crippen molar-refractivity contribution in [2.75, 3.05) is 13.1 Å². The SMILES string of the molecule is Oc1ccc(Cc2noc(CCC3CCNC3)n2)cc1. The van der Waals surface area contributed by atoms with Crippen LogP contribution in [0.1, 0.15) is 30.1 Å². The Morgan fingerprint density at radius 2 is 2.15 bits per heavy atom. The molecule has 106 valence electrons. The summed E-state index contributed by atoms with van der Waals surface area (Å²) in [5.74, 6) is 2.44. The number of nitrogens with zero attached hydrogens (tertiary/aromatic N) is 2. The third kappa shape index (κ3) is 3.36. The third-order valence-corrected chi connectivity index (χ3v) is 3.74. The fraction of sp³-hybridized carbons (Fsp3) is 0.467. The molecule has 0 saturated carbocycles. The van der Waals surface area contributed by atoms with Crippen molar-refractivity contribution in [1.82, 2.24) is 15.5 Å². The van der Waals surface area contributed by atoms with E-state index in [0.717, 1.165) is 43.3 Å². The molecule has 1 aliphatic heterocycles. The molecule has 2 aromatic rings. The smallest absolute Gasteiger partial charge is 0.226 e. The van der Waals surface area contributed by atoms with Gasteiger partial charge in [0.15, 0.2) is 5.82 Å². The van der Waals surface area contributed by atoms with E-state index in [-0.39, 0.29) is 5.75 Å². The van der Waals surface area contributed by atoms with Gasteiger partial charge in [-0.15, -0.1) is 0 Å². The first-order chi connectivity index (χ1) is 9.79. The molecule has 2 heterocycles. The van der Waals surface area contributed by atoms with E-state index in [0.29, 0.717) is 12.2 Å². The first-order valence-electron chi connectivity index (χ1n) is 7.10. The van der Waals surface area contributed by atoms with Crippen LogP contribution < -0.4 is 5.32 Å². The normalized spacial score (nSPS) is 18.5. The highest BCUT2D eigenvalue weighted by Crippen LogP contribution is 2.16. The number of nitrogens with one attached hydrogen (secondary N) is 1. The van der Waals surface area contributed by atoms with Gasteiger partial charge in [0.25, 0.3) is 0 Å². The van der Waals surface area contributed by atoms with Gasteiger partial charge in [0.05, 0.1) is 0 Å². The van der Waals surface area contributed by atoms with Crippen LogP contribution in [0, 0.1) is 5.92 Å². The number of hydrogen-bond donors (Lipinski definition) is 2. The van der Waals surface area contributed by atoms with Gasteiger partial charge in [0.2, 0.25) is 5.89 Å². The van der Waals surface area contributed by atoms with Crippen molar-refractivity contribution in [2.24, 2.45) is 5.92 Å². The summed E-state index contributed by atoms with van der Waals surface area (Å²) in [5, 5.41) is 16.6. The van der Waals surface area contributed by atoms with Crippen LogP contribution >= 0.6 is 0 Å². The van der Waals surface area contributed by atoms with E-state index in [2.05, 4.69) is 15.5 Å². The lowest BCUT2D eigenvalue weighted by Gasteiger charge is -2.03. The number of benzene rings is 1. The second-order valence-electron chi connectivity index (χ2n) is 5.35. The van der Waals surface area contributed by atoms with Gasteiger partial charge in [-0.05, 0) is 49.5 Å². The molecule has 1 atom stereocenters. The maximum Gasteiger partial charge on any atom is 0.226 e. The van der Waals surface area contributed by atoms with Crippen molar-refractivity contribution >= 4 is 0 Å². The number of phenols is 1. The Kier molecular flexibility index (Phi) is 3.97. The highest BCUT2D eigenvalue weighted by atomic mass is 16.5. The molecule has 0 spiro atoms. The van der Waals surface area contributed by atoms with Gasteiger partial charge in [-0.25, -0.2) is 0 Å². The van der Waals surface area contributed by atoms with Gasteiger partial charge in [-0.2, -0.15) is 4.98 Å². The molecule has 2 N–H and O–H groups in total. The maximum absolute atomic E-state index is 9.25. The minimum absolute atomic E-state index is 0.271. The summed E-state index contributed by atoms with van der Waals surface area (Å²) in [5.41, 5.74) is 1.06. The van der Waals surface area contributed by atoms with E-state index in [4.69, 9.17) is 4.52 Å². The van der Waals surface area contributed by atoms with E-state index in [1.807, 2.05) is 12.1 Å². The average Bonchev–Trinajstić information content (AvgIpc) is 3.10. The summed E-state index contributed by atoms with van der Waals surface area (Å²) in [7, 11) is 0. The lowest BCUT2D eigenvalue weighted by Crippen LogP contribution is -2.09. The molecule has 1 aromatic heterocycles. The second-order valence-corrected chi connectivity index (χ2v) is 5.35. The number of aromatic nitrogens is 2. The van der Waals surface area contributed by atoms with Gasteiger partial charge in [-0.3, -0.25) is 0 Å². The molecule has 0 bridgehead atoms. The topological polar surface area (TPSA) is 71.2 Å². The zero-order valence-electron chi connectivity index (χ0n) is 11.4. The van der Waals surface area contributed by atoms with E-state index >= 15 is 0 Å². The van der Waals surface area contributed by atoms with Crippen LogP contribution in [-0.4, -0.2) is 28.3 Å². The molecule has 1 saturated heterocycles. The first-order valence-corrected chi connectivity index (χ1v) is 7.10. The maximum atomic E-state index is 9.25. The average molecular weight is 273 g/mol. The van der Waals surface area contributed by atoms with Crippen LogP contribution in [0.25, 0.3) is 0 Å². The van der Waals surface area contributed by atoms with Crippen molar-refractivity contribution in [1.29, 1.82) is 0 Å². The van der Waals surface area contributed by atoms with Crippen LogP contribution in [0.4, 0.5) is 0 Å². The summed E-state index contributed by atoms with van der Waals surface area (Å²) in [6.07, 6.45) is 3.84. The molecule has 0 amide bonds. The minimum Gasteiger partial charge on any atom is -0.508 e. The summed E-state index contributed by atoms with van der Waals surface area (Å²) in [4.78, 5) is 4.43. The standard InChI is InChI=1S/C15H19N3O2/c19-13-4-1-11(2-5-13)9-14-17-15(20-18-14)6-3-12-7-8-16-10-12/h1-2,4-5,12,16,19H,3,6-10H2. The van der Waals surface area contributed by atoms with Gasteiger partial charge in [-0.1, -0.05) is 17.3 Å². The third-order valence-electron chi connectivity index (χ3n) is 3.74. The first kappa shape index (κ1) is 13.1. The molecule has 5 nitrogen and oxygen atoms in total. The largest absolute Gasteiger partial charge is 0.508 e. The predicted octanol–water partition coefficient (Wildman–Crippen LogP) is 1.91. The Morgan fingerprint density at radius 1 is 1.30 bits per heavy atom. The molecular weight excluding hydrogens is 254 g/mol. The minimum atomic E-state index is 0.271. The second kappa shape index (κ2) is 6.05. The Labute approximate surface area is 118 Å². The van der Waals surface area contributed by atoms with Crippen LogP contribution in [0.15, 0.2) is 28.8 Å². The molecule has 1 fully saturated rings. The molecule has 1 aliphatic rings. The van der Waals surface area contributed by atoms with Crippen molar-refractivity contribution < 1.29 is 9.63 Å². The fourth-order valence-corrected chi connectivity index (χ4v) is 2.55. The Bertz CT molecular complexity index is 545. The predicted molar refractivity (Wildman–Crippen MR) is 74.5 cm³/mol. The number of aryl methyl sites for hydroxylation is 1. The number of hydrogen-bond acceptors (Lipinski definition) is 5. The molecule has 1 aromatic carbocycles. The highest BCUT2D eigenvalue weighted by Gasteiger charge is 2.16. The number of phenolic OH excluding ortho intramolecular Hbond substituents is 1. The summed E-state index contributed by atoms with van der Waals surface area (Å²) >= 11 is 0. The van der Waals surface area contributed by atoms with Crippen molar-refractivity contribution in [3.8, 4) is 5.75 Å². The van der Waals surface area contributed by atoms with E-state index < -0.39 is 0 Å². The van der Waals surface area contributed by atoms with Gasteiger partial charge in [0.1, 0.15) is 5.75 Å². The van der Waals surface area contributed by atoms with Crippen LogP contribution in [0.2, 0.25) is 0 Å². The van der Waals surface area contributed by atoms with Crippen LogP contribution in [0.5, 0.6) is 5.75 Å². The Balaban J connectivity index is 1.54. The van der Waals surface area contributed by atoms with Crippen molar-refractivity contribution in [3.63, 3.8) is 0 Å². The molecular formula is C15H19N3O2. The zero-order valence-corrected chi connectivity index (χ0v) is 11.4. The van der Waals surface area contributed by atoms with Gasteiger partial charge in [0, 0.05) is 12.8 Å². The lowest BCUT2D eigenvalue weighted by molar-refractivity contribution is 0.361. The van der Waals surface area contributed by atoms with E-state index in [1.165, 1.54) is 6.42 Å². The number of aromatic hydroxyl groups is 1. The summed E-state index contributed by atoms with van der Waals surface area (Å²) in [6.45, 7) is 2.23. The van der Waals surface area contributed by atoms with E-state index in [1.54, 1.807) is 12.1 Å². The monoisotopic (exact) mass is 273 g/mol. The molecule has 20 heavy (non-hydrogen) atoms. The van der Waals surface area contributed by atoms with Gasteiger partial charge >= 0.3 is 0 Å². The quantitative estimate of drug-likeness (QED) is 0.870. The molecule has 3 rings (SSSR count). The highest BCUT2D eigenvalue weighted by molar-refractivity contribution is 5.27. The van der Waals surface area contributed by atoms with Gasteiger partial charge < -0.3 is 14.9 Å². The molecule has 0 aliphatic carbocycles. The van der Waals surface area contributed by atoms with Crippen molar-refractivity contribution in [2.45, 2.75) is 25.7 Å². The van der Waals surface area contributed by atoms with E-state index in [9.17, 15) is 5.11 Å². The molecule has 5 heteroatoms.